The lowest BCUT2D eigenvalue weighted by molar-refractivity contribution is -0.138. The summed E-state index contributed by atoms with van der Waals surface area (Å²) in [5, 5.41) is 11.1. The summed E-state index contributed by atoms with van der Waals surface area (Å²) in [6.45, 7) is 14.7. The Morgan fingerprint density at radius 3 is 1.81 bits per heavy atom. The van der Waals surface area contributed by atoms with E-state index in [9.17, 15) is 46.7 Å². The molecule has 3 saturated heterocycles. The molecule has 0 saturated carbocycles. The van der Waals surface area contributed by atoms with E-state index in [-0.39, 0.29) is 42.9 Å². The van der Waals surface area contributed by atoms with Crippen molar-refractivity contribution < 1.29 is 79.8 Å². The summed E-state index contributed by atoms with van der Waals surface area (Å²) in [7, 11) is 2.02. The molecule has 5 heterocycles. The number of rotatable bonds is 38. The van der Waals surface area contributed by atoms with Crippen LogP contribution in [0.25, 0.3) is 11.1 Å². The maximum atomic E-state index is 13.9. The molecule has 91 heavy (non-hydrogen) atoms. The van der Waals surface area contributed by atoms with Crippen molar-refractivity contribution in [2.24, 2.45) is 0 Å². The molecule has 6 amide bonds. The first-order chi connectivity index (χ1) is 44.1. The van der Waals surface area contributed by atoms with Gasteiger partial charge in [0, 0.05) is 109 Å². The van der Waals surface area contributed by atoms with Gasteiger partial charge in [0.1, 0.15) is 6.04 Å². The number of hydrogen-bond acceptors (Lipinski definition) is 20. The molecule has 0 spiro atoms. The number of nitrogens with one attached hydrogen (secondary N) is 5. The number of carbonyl (C=O) groups is 6. The van der Waals surface area contributed by atoms with Crippen molar-refractivity contribution in [1.82, 2.24) is 35.2 Å². The third kappa shape index (κ3) is 21.7. The molecule has 1 unspecified atom stereocenters. The molecule has 5 N–H and O–H groups in total. The Labute approximate surface area is 526 Å². The highest BCUT2D eigenvalue weighted by Crippen LogP contribution is 2.36. The van der Waals surface area contributed by atoms with Crippen LogP contribution in [0.3, 0.4) is 0 Å². The highest BCUT2D eigenvalue weighted by atomic mass is 19.4. The van der Waals surface area contributed by atoms with Crippen LogP contribution in [0.4, 0.5) is 30.2 Å². The highest BCUT2D eigenvalue weighted by molar-refractivity contribution is 6.25. The number of anilines is 3. The molecular weight excluding hydrogens is 1190 g/mol. The predicted molar refractivity (Wildman–Crippen MR) is 329 cm³/mol. The number of pyridine rings is 1. The van der Waals surface area contributed by atoms with Crippen LogP contribution in [0.1, 0.15) is 61.5 Å². The van der Waals surface area contributed by atoms with Gasteiger partial charge in [-0.05, 0) is 60.5 Å². The first kappa shape index (κ1) is 69.7. The lowest BCUT2D eigenvalue weighted by Gasteiger charge is -2.35. The zero-order valence-corrected chi connectivity index (χ0v) is 51.4. The number of imide groups is 2. The molecule has 4 aliphatic rings. The number of halogens is 3. The summed E-state index contributed by atoms with van der Waals surface area (Å²) in [5.41, 5.74) is 1.75. The van der Waals surface area contributed by atoms with Gasteiger partial charge in [-0.2, -0.15) is 13.2 Å². The average Bonchev–Trinajstić information content (AvgIpc) is 1.98. The van der Waals surface area contributed by atoms with Gasteiger partial charge in [-0.3, -0.25) is 53.6 Å². The molecule has 3 aromatic carbocycles. The summed E-state index contributed by atoms with van der Waals surface area (Å²) in [5.74, 6) is -3.28. The minimum Gasteiger partial charge on any atom is -0.382 e. The van der Waals surface area contributed by atoms with Gasteiger partial charge in [0.2, 0.25) is 23.3 Å². The van der Waals surface area contributed by atoms with Crippen LogP contribution < -0.4 is 31.7 Å². The fraction of sp³-hybridized carbons (Fsp3) is 0.540. The summed E-state index contributed by atoms with van der Waals surface area (Å²) in [6, 6.07) is 18.0. The fourth-order valence-electron chi connectivity index (χ4n) is 10.7. The number of benzene rings is 3. The van der Waals surface area contributed by atoms with Gasteiger partial charge in [-0.1, -0.05) is 30.3 Å². The second-order valence-corrected chi connectivity index (χ2v) is 22.0. The number of fused-ring (bicyclic) bond motifs is 1. The van der Waals surface area contributed by atoms with Gasteiger partial charge in [-0.25, -0.2) is 0 Å². The lowest BCUT2D eigenvalue weighted by Crippen LogP contribution is -2.54. The average molecular weight is 1280 g/mol. The van der Waals surface area contributed by atoms with Gasteiger partial charge in [-0.15, -0.1) is 0 Å². The van der Waals surface area contributed by atoms with Crippen LogP contribution in [0, 0.1) is 0 Å². The van der Waals surface area contributed by atoms with E-state index in [1.54, 1.807) is 24.3 Å². The number of carbonyl (C=O) groups excluding carboxylic acids is 6. The Balaban J connectivity index is 0.570. The molecular formula is C63H83F3N10O15. The summed E-state index contributed by atoms with van der Waals surface area (Å²) >= 11 is 0. The van der Waals surface area contributed by atoms with E-state index in [0.29, 0.717) is 155 Å². The first-order valence-electron chi connectivity index (χ1n) is 30.8. The number of aromatic amines is 1. The topological polar surface area (TPSA) is 273 Å². The Bertz CT molecular complexity index is 3100. The van der Waals surface area contributed by atoms with Crippen molar-refractivity contribution in [3.63, 3.8) is 0 Å². The van der Waals surface area contributed by atoms with E-state index in [1.807, 2.05) is 31.3 Å². The molecule has 496 valence electrons. The number of aromatic nitrogens is 1. The van der Waals surface area contributed by atoms with Gasteiger partial charge in [0.15, 0.2) is 0 Å². The molecule has 3 fully saturated rings. The Hall–Kier alpha value is -7.22. The molecule has 1 aromatic heterocycles. The quantitative estimate of drug-likeness (QED) is 0.0318. The van der Waals surface area contributed by atoms with Crippen LogP contribution in [0.5, 0.6) is 0 Å². The molecule has 0 bridgehead atoms. The lowest BCUT2D eigenvalue weighted by atomic mass is 10.0. The Morgan fingerprint density at radius 1 is 0.615 bits per heavy atom. The van der Waals surface area contributed by atoms with Crippen LogP contribution in [-0.4, -0.2) is 251 Å². The normalized spacial score (nSPS) is 16.8. The van der Waals surface area contributed by atoms with Crippen LogP contribution in [0.2, 0.25) is 0 Å². The Morgan fingerprint density at radius 2 is 1.20 bits per heavy atom. The van der Waals surface area contributed by atoms with Crippen molar-refractivity contribution in [3.05, 3.63) is 111 Å². The van der Waals surface area contributed by atoms with Crippen LogP contribution >= 0.6 is 0 Å². The van der Waals surface area contributed by atoms with Crippen molar-refractivity contribution in [1.29, 1.82) is 0 Å². The number of piperidine rings is 1. The maximum absolute atomic E-state index is 13.9. The number of H-pyrrole nitrogens is 1. The van der Waals surface area contributed by atoms with Gasteiger partial charge < -0.3 is 68.6 Å². The molecule has 0 radical (unpaired) electrons. The van der Waals surface area contributed by atoms with E-state index < -0.39 is 58.4 Å². The standard InChI is InChI=1S/C63H83F3N10O15/c1-72-16-22-75(23-17-72)53-9-8-47(41-52(53)70-59(80)49-43-69-57(79)42-50(49)63(64,65)66)46-5-2-4-45(40-46)44-74-20-18-73(19-21-74)15-13-68-55(77)12-24-84-26-28-86-30-32-88-34-36-90-38-39-91-37-35-89-33-31-87-29-27-85-25-14-67-51-7-3-6-48-58(51)62(83)76(61(48)82)54-10-11-56(78)71-60(54)81/h2-9,40-43,54,67H,10-39,44H2,1H3,(H,68,77)(H,69,79)(H,70,80)(H,71,78,81). The largest absolute Gasteiger partial charge is 0.417 e. The van der Waals surface area contributed by atoms with Crippen molar-refractivity contribution in [2.45, 2.75) is 38.0 Å². The smallest absolute Gasteiger partial charge is 0.382 e. The number of alkyl halides is 3. The third-order valence-corrected chi connectivity index (χ3v) is 15.6. The molecule has 4 aliphatic heterocycles. The second-order valence-electron chi connectivity index (χ2n) is 22.0. The Kier molecular flexibility index (Phi) is 27.7. The number of piperazine rings is 2. The summed E-state index contributed by atoms with van der Waals surface area (Å²) in [4.78, 5) is 100. The fourth-order valence-corrected chi connectivity index (χ4v) is 10.7. The number of nitrogens with zero attached hydrogens (tertiary/aromatic N) is 5. The van der Waals surface area contributed by atoms with Crippen LogP contribution in [0.15, 0.2) is 77.7 Å². The SMILES string of the molecule is CN1CCN(c2ccc(-c3cccc(CN4CCN(CCNC(=O)CCOCCOCCOCCOCCOCCOCCOCCOCCNc5cccc6c5C(=O)N(C5CCC(=O)NC5=O)C6=O)CC4)c3)cc2NC(=O)c2c[nH]c(=O)cc2C(F)(F)F)CC1. The van der Waals surface area contributed by atoms with E-state index in [0.717, 1.165) is 73.6 Å². The number of amides is 6. The van der Waals surface area contributed by atoms with E-state index in [4.69, 9.17) is 37.9 Å². The highest BCUT2D eigenvalue weighted by Gasteiger charge is 2.46. The molecule has 1 atom stereocenters. The second kappa shape index (κ2) is 36.1. The van der Waals surface area contributed by atoms with Gasteiger partial charge >= 0.3 is 6.18 Å². The minimum absolute atomic E-state index is 0.0505. The molecule has 25 nitrogen and oxygen atoms in total. The zero-order valence-electron chi connectivity index (χ0n) is 51.4. The minimum atomic E-state index is -4.91. The van der Waals surface area contributed by atoms with Crippen LogP contribution in [-0.2, 0) is 65.0 Å². The molecule has 28 heteroatoms. The van der Waals surface area contributed by atoms with Crippen molar-refractivity contribution in [3.8, 4) is 11.1 Å². The molecule has 0 aliphatic carbocycles. The number of likely N-dealkylation sites (N-methyl/N-ethyl adjacent to an activating group) is 1. The third-order valence-electron chi connectivity index (χ3n) is 15.6. The van der Waals surface area contributed by atoms with E-state index >= 15 is 0 Å². The van der Waals surface area contributed by atoms with E-state index in [1.165, 1.54) is 0 Å². The number of ether oxygens (including phenoxy) is 8. The molecule has 4 aromatic rings. The number of hydrogen-bond donors (Lipinski definition) is 5. The zero-order chi connectivity index (χ0) is 64.4. The molecule has 8 rings (SSSR count). The summed E-state index contributed by atoms with van der Waals surface area (Å²) < 4.78 is 86.3. The predicted octanol–water partition coefficient (Wildman–Crippen LogP) is 3.33. The van der Waals surface area contributed by atoms with Crippen molar-refractivity contribution in [2.75, 3.05) is 200 Å². The summed E-state index contributed by atoms with van der Waals surface area (Å²) in [6.07, 6.45) is -3.72. The van der Waals surface area contributed by atoms with E-state index in [2.05, 4.69) is 58.0 Å². The van der Waals surface area contributed by atoms with Crippen molar-refractivity contribution >= 4 is 52.5 Å². The van der Waals surface area contributed by atoms with Gasteiger partial charge in [0.25, 0.3) is 17.7 Å². The first-order valence-corrected chi connectivity index (χ1v) is 30.8. The van der Waals surface area contributed by atoms with Gasteiger partial charge in [0.05, 0.1) is 139 Å². The monoisotopic (exact) mass is 1280 g/mol. The maximum Gasteiger partial charge on any atom is 0.417 e.